The Morgan fingerprint density at radius 3 is 2.53 bits per heavy atom. The number of nitrogens with two attached hydrogens (primary N) is 1. The van der Waals surface area contributed by atoms with E-state index in [1.807, 2.05) is 48.7 Å². The minimum atomic E-state index is 0.466. The van der Waals surface area contributed by atoms with Gasteiger partial charge in [0.05, 0.1) is 14.2 Å². The van der Waals surface area contributed by atoms with E-state index in [0.717, 1.165) is 64.8 Å². The molecule has 8 nitrogen and oxygen atoms in total. The molecule has 0 saturated carbocycles. The molecule has 0 aliphatic rings. The summed E-state index contributed by atoms with van der Waals surface area (Å²) >= 11 is 0. The van der Waals surface area contributed by atoms with Gasteiger partial charge in [0.2, 0.25) is 0 Å². The van der Waals surface area contributed by atoms with Crippen molar-refractivity contribution in [2.45, 2.75) is 19.3 Å². The molecule has 0 bridgehead atoms. The summed E-state index contributed by atoms with van der Waals surface area (Å²) in [6.07, 6.45) is 6.07. The van der Waals surface area contributed by atoms with Crippen molar-refractivity contribution in [1.82, 2.24) is 19.6 Å². The van der Waals surface area contributed by atoms with Crippen molar-refractivity contribution < 1.29 is 14.2 Å². The van der Waals surface area contributed by atoms with Gasteiger partial charge in [0.1, 0.15) is 29.5 Å². The summed E-state index contributed by atoms with van der Waals surface area (Å²) in [5, 5.41) is 4.64. The highest BCUT2D eigenvalue weighted by atomic mass is 16.5. The Labute approximate surface area is 187 Å². The summed E-state index contributed by atoms with van der Waals surface area (Å²) in [4.78, 5) is 9.31. The van der Waals surface area contributed by atoms with Gasteiger partial charge in [-0.3, -0.25) is 4.98 Å². The molecule has 0 radical (unpaired) electrons. The van der Waals surface area contributed by atoms with Crippen molar-refractivity contribution >= 4 is 5.65 Å². The normalized spacial score (nSPS) is 11.0. The minimum absolute atomic E-state index is 0.466. The number of benzene rings is 2. The molecule has 0 fully saturated rings. The lowest BCUT2D eigenvalue weighted by Gasteiger charge is -2.08. The molecule has 2 aromatic carbocycles. The van der Waals surface area contributed by atoms with Gasteiger partial charge in [-0.25, -0.2) is 9.50 Å². The molecule has 32 heavy (non-hydrogen) atoms. The molecule has 2 N–H and O–H groups in total. The van der Waals surface area contributed by atoms with Crippen LogP contribution in [0.15, 0.2) is 54.9 Å². The number of rotatable bonds is 10. The third-order valence-corrected chi connectivity index (χ3v) is 5.07. The fourth-order valence-electron chi connectivity index (χ4n) is 3.54. The van der Waals surface area contributed by atoms with Crippen LogP contribution in [0.3, 0.4) is 0 Å². The van der Waals surface area contributed by atoms with E-state index in [1.165, 1.54) is 0 Å². The molecular weight excluding hydrogens is 406 g/mol. The number of hydrogen-bond donors (Lipinski definition) is 1. The quantitative estimate of drug-likeness (QED) is 0.410. The van der Waals surface area contributed by atoms with Crippen LogP contribution in [-0.2, 0) is 12.8 Å². The molecule has 2 heterocycles. The van der Waals surface area contributed by atoms with Gasteiger partial charge in [0.15, 0.2) is 11.5 Å². The van der Waals surface area contributed by atoms with Crippen molar-refractivity contribution in [3.8, 4) is 28.5 Å². The maximum absolute atomic E-state index is 5.65. The van der Waals surface area contributed by atoms with Gasteiger partial charge < -0.3 is 19.9 Å². The Morgan fingerprint density at radius 1 is 0.969 bits per heavy atom. The second-order valence-corrected chi connectivity index (χ2v) is 7.31. The summed E-state index contributed by atoms with van der Waals surface area (Å²) in [5.74, 6) is 3.12. The van der Waals surface area contributed by atoms with Gasteiger partial charge in [-0.15, -0.1) is 0 Å². The maximum atomic E-state index is 5.65. The highest BCUT2D eigenvalue weighted by Gasteiger charge is 2.12. The lowest BCUT2D eigenvalue weighted by molar-refractivity contribution is 0.328. The van der Waals surface area contributed by atoms with Gasteiger partial charge in [-0.05, 0) is 42.7 Å². The number of ether oxygens (including phenoxy) is 3. The molecule has 4 aromatic rings. The second-order valence-electron chi connectivity index (χ2n) is 7.31. The molecule has 0 spiro atoms. The van der Waals surface area contributed by atoms with E-state index in [2.05, 4.69) is 10.1 Å². The predicted molar refractivity (Wildman–Crippen MR) is 122 cm³/mol. The van der Waals surface area contributed by atoms with Crippen molar-refractivity contribution in [2.75, 3.05) is 27.4 Å². The smallest absolute Gasteiger partial charge is 0.181 e. The van der Waals surface area contributed by atoms with E-state index in [-0.39, 0.29) is 0 Å². The molecule has 8 heteroatoms. The van der Waals surface area contributed by atoms with Gasteiger partial charge in [0.25, 0.3) is 0 Å². The zero-order valence-corrected chi connectivity index (χ0v) is 18.3. The van der Waals surface area contributed by atoms with Crippen LogP contribution >= 0.6 is 0 Å². The highest BCUT2D eigenvalue weighted by Crippen LogP contribution is 2.26. The first-order chi connectivity index (χ1) is 15.7. The largest absolute Gasteiger partial charge is 0.497 e. The number of fused-ring (bicyclic) bond motifs is 1. The Balaban J connectivity index is 1.50. The van der Waals surface area contributed by atoms with Crippen molar-refractivity contribution in [3.63, 3.8) is 0 Å². The molecular formula is C24H27N5O3. The van der Waals surface area contributed by atoms with E-state index >= 15 is 0 Å². The van der Waals surface area contributed by atoms with E-state index in [1.54, 1.807) is 24.9 Å². The first-order valence-electron chi connectivity index (χ1n) is 10.6. The number of aryl methyl sites for hydroxylation is 2. The van der Waals surface area contributed by atoms with E-state index in [9.17, 15) is 0 Å². The van der Waals surface area contributed by atoms with Crippen molar-refractivity contribution in [1.29, 1.82) is 0 Å². The summed E-state index contributed by atoms with van der Waals surface area (Å²) in [7, 11) is 3.32. The van der Waals surface area contributed by atoms with Crippen LogP contribution in [0.5, 0.6) is 17.2 Å². The Bertz CT molecular complexity index is 1170. The molecule has 2 aromatic heterocycles. The SMILES string of the molecule is COc1cc(CCCc2nc3c(-c4cccc(OCCN)c4)nccn3n2)cc(OC)c1. The average molecular weight is 434 g/mol. The fraction of sp³-hybridized carbons (Fsp3) is 0.292. The van der Waals surface area contributed by atoms with Crippen LogP contribution in [0.25, 0.3) is 16.9 Å². The van der Waals surface area contributed by atoms with Crippen LogP contribution in [0.1, 0.15) is 17.8 Å². The van der Waals surface area contributed by atoms with Crippen LogP contribution < -0.4 is 19.9 Å². The van der Waals surface area contributed by atoms with E-state index < -0.39 is 0 Å². The fourth-order valence-corrected chi connectivity index (χ4v) is 3.54. The average Bonchev–Trinajstić information content (AvgIpc) is 3.25. The van der Waals surface area contributed by atoms with E-state index in [0.29, 0.717) is 13.2 Å². The predicted octanol–water partition coefficient (Wildman–Crippen LogP) is 3.32. The number of hydrogen-bond acceptors (Lipinski definition) is 7. The monoisotopic (exact) mass is 433 g/mol. The van der Waals surface area contributed by atoms with Crippen molar-refractivity contribution in [2.24, 2.45) is 5.73 Å². The number of nitrogens with zero attached hydrogens (tertiary/aromatic N) is 4. The summed E-state index contributed by atoms with van der Waals surface area (Å²) in [6, 6.07) is 13.7. The van der Waals surface area contributed by atoms with Crippen molar-refractivity contribution in [3.05, 3.63) is 66.2 Å². The summed E-state index contributed by atoms with van der Waals surface area (Å²) in [6.45, 7) is 0.934. The van der Waals surface area contributed by atoms with Crippen LogP contribution in [0.4, 0.5) is 0 Å². The van der Waals surface area contributed by atoms with Crippen LogP contribution in [0, 0.1) is 0 Å². The molecule has 0 saturated heterocycles. The van der Waals surface area contributed by atoms with E-state index in [4.69, 9.17) is 24.9 Å². The van der Waals surface area contributed by atoms with Crippen LogP contribution in [0.2, 0.25) is 0 Å². The lowest BCUT2D eigenvalue weighted by atomic mass is 10.1. The van der Waals surface area contributed by atoms with Gasteiger partial charge in [-0.2, -0.15) is 5.10 Å². The van der Waals surface area contributed by atoms with Gasteiger partial charge in [0, 0.05) is 37.0 Å². The maximum Gasteiger partial charge on any atom is 0.181 e. The van der Waals surface area contributed by atoms with Gasteiger partial charge >= 0.3 is 0 Å². The Kier molecular flexibility index (Phi) is 6.81. The minimum Gasteiger partial charge on any atom is -0.497 e. The summed E-state index contributed by atoms with van der Waals surface area (Å²) < 4.78 is 18.1. The second kappa shape index (κ2) is 10.1. The highest BCUT2D eigenvalue weighted by molar-refractivity contribution is 5.74. The molecule has 0 atom stereocenters. The molecule has 0 aliphatic heterocycles. The molecule has 4 rings (SSSR count). The first-order valence-corrected chi connectivity index (χ1v) is 10.6. The zero-order valence-electron chi connectivity index (χ0n) is 18.3. The third kappa shape index (κ3) is 4.97. The summed E-state index contributed by atoms with van der Waals surface area (Å²) in [5.41, 5.74) is 9.10. The number of methoxy groups -OCH3 is 2. The topological polar surface area (TPSA) is 96.8 Å². The van der Waals surface area contributed by atoms with Crippen LogP contribution in [-0.4, -0.2) is 47.0 Å². The Morgan fingerprint density at radius 2 is 1.78 bits per heavy atom. The molecule has 0 aliphatic carbocycles. The lowest BCUT2D eigenvalue weighted by Crippen LogP contribution is -2.10. The Hall–Kier alpha value is -3.65. The third-order valence-electron chi connectivity index (χ3n) is 5.07. The van der Waals surface area contributed by atoms with Gasteiger partial charge in [-0.1, -0.05) is 12.1 Å². The standard InChI is InChI=1S/C24H27N5O3/c1-30-20-13-17(14-21(16-20)31-2)5-3-8-22-27-24-23(26-10-11-29(24)28-22)18-6-4-7-19(15-18)32-12-9-25/h4,6-7,10-11,13-16H,3,5,8-9,12,25H2,1-2H3. The first kappa shape index (κ1) is 21.6. The molecule has 0 unspecified atom stereocenters. The molecule has 0 amide bonds. The number of aromatic nitrogens is 4. The zero-order chi connectivity index (χ0) is 22.3. The molecule has 166 valence electrons.